The minimum Gasteiger partial charge on any atom is -0.451 e. The van der Waals surface area contributed by atoms with Gasteiger partial charge in [0.2, 0.25) is 0 Å². The summed E-state index contributed by atoms with van der Waals surface area (Å²) in [4.78, 5) is 26.7. The van der Waals surface area contributed by atoms with Crippen LogP contribution >= 0.6 is 27.3 Å². The monoisotopic (exact) mass is 407 g/mol. The van der Waals surface area contributed by atoms with Crippen molar-refractivity contribution in [1.82, 2.24) is 4.90 Å². The molecule has 1 amide bonds. The highest BCUT2D eigenvalue weighted by Gasteiger charge is 2.27. The van der Waals surface area contributed by atoms with Gasteiger partial charge in [0.1, 0.15) is 4.88 Å². The molecule has 1 unspecified atom stereocenters. The molecule has 0 spiro atoms. The van der Waals surface area contributed by atoms with Gasteiger partial charge in [-0.2, -0.15) is 0 Å². The zero-order valence-corrected chi connectivity index (χ0v) is 15.7. The number of ether oxygens (including phenoxy) is 1. The van der Waals surface area contributed by atoms with Crippen molar-refractivity contribution in [3.63, 3.8) is 0 Å². The van der Waals surface area contributed by atoms with Crippen LogP contribution in [0.2, 0.25) is 0 Å². The number of carbonyl (C=O) groups is 2. The van der Waals surface area contributed by atoms with Crippen molar-refractivity contribution >= 4 is 39.1 Å². The molecule has 0 bridgehead atoms. The molecule has 0 saturated carbocycles. The van der Waals surface area contributed by atoms with Gasteiger partial charge in [-0.25, -0.2) is 4.79 Å². The van der Waals surface area contributed by atoms with Gasteiger partial charge < -0.3 is 9.64 Å². The smallest absolute Gasteiger partial charge is 0.349 e. The average molecular weight is 408 g/mol. The third kappa shape index (κ3) is 3.54. The number of rotatable bonds is 4. The number of benzene rings is 1. The van der Waals surface area contributed by atoms with E-state index in [-0.39, 0.29) is 18.6 Å². The van der Waals surface area contributed by atoms with Crippen LogP contribution in [0.25, 0.3) is 0 Å². The van der Waals surface area contributed by atoms with Crippen LogP contribution in [0, 0.1) is 0 Å². The van der Waals surface area contributed by atoms with E-state index in [1.54, 1.807) is 23.4 Å². The average Bonchev–Trinajstić information content (AvgIpc) is 3.04. The van der Waals surface area contributed by atoms with E-state index in [0.29, 0.717) is 9.35 Å². The molecule has 2 aromatic rings. The lowest BCUT2D eigenvalue weighted by Gasteiger charge is -2.33. The second kappa shape index (κ2) is 7.49. The predicted molar refractivity (Wildman–Crippen MR) is 97.2 cm³/mol. The largest absolute Gasteiger partial charge is 0.451 e. The number of esters is 1. The van der Waals surface area contributed by atoms with Crippen molar-refractivity contribution in [3.8, 4) is 0 Å². The van der Waals surface area contributed by atoms with Crippen molar-refractivity contribution in [2.24, 2.45) is 0 Å². The number of amides is 1. The molecule has 6 heteroatoms. The number of likely N-dealkylation sites (N-methyl/N-ethyl adjacent to an activating group) is 1. The third-order valence-electron chi connectivity index (χ3n) is 4.33. The van der Waals surface area contributed by atoms with Gasteiger partial charge in [0.15, 0.2) is 6.61 Å². The number of thiophene rings is 1. The highest BCUT2D eigenvalue weighted by Crippen LogP contribution is 2.33. The van der Waals surface area contributed by atoms with Gasteiger partial charge in [0.05, 0.1) is 6.04 Å². The van der Waals surface area contributed by atoms with Crippen LogP contribution in [-0.4, -0.2) is 30.4 Å². The minimum atomic E-state index is -0.470. The second-order valence-electron chi connectivity index (χ2n) is 5.79. The molecule has 126 valence electrons. The van der Waals surface area contributed by atoms with Crippen LogP contribution in [0.3, 0.4) is 0 Å². The molecule has 1 aromatic heterocycles. The quantitative estimate of drug-likeness (QED) is 0.713. The van der Waals surface area contributed by atoms with Gasteiger partial charge in [0.25, 0.3) is 5.91 Å². The number of aryl methyl sites for hydroxylation is 1. The van der Waals surface area contributed by atoms with Crippen LogP contribution in [0.4, 0.5) is 0 Å². The first-order valence-electron chi connectivity index (χ1n) is 7.81. The first kappa shape index (κ1) is 17.2. The molecule has 24 heavy (non-hydrogen) atoms. The van der Waals surface area contributed by atoms with Crippen LogP contribution < -0.4 is 0 Å². The number of nitrogens with zero attached hydrogens (tertiary/aromatic N) is 1. The van der Waals surface area contributed by atoms with Crippen LogP contribution in [-0.2, 0) is 16.0 Å². The fourth-order valence-electron chi connectivity index (χ4n) is 3.04. The van der Waals surface area contributed by atoms with Gasteiger partial charge in [-0.1, -0.05) is 24.3 Å². The van der Waals surface area contributed by atoms with Gasteiger partial charge in [-0.3, -0.25) is 4.79 Å². The number of halogens is 1. The summed E-state index contributed by atoms with van der Waals surface area (Å²) < 4.78 is 5.87. The Balaban J connectivity index is 1.64. The summed E-state index contributed by atoms with van der Waals surface area (Å²) in [6, 6.07) is 10.1. The lowest BCUT2D eigenvalue weighted by atomic mass is 9.87. The molecular weight excluding hydrogens is 390 g/mol. The molecule has 1 aliphatic carbocycles. The van der Waals surface area contributed by atoms with E-state index in [1.165, 1.54) is 22.5 Å². The molecule has 1 aliphatic rings. The molecule has 1 aromatic carbocycles. The van der Waals surface area contributed by atoms with Crippen molar-refractivity contribution < 1.29 is 14.3 Å². The van der Waals surface area contributed by atoms with E-state index in [9.17, 15) is 9.59 Å². The predicted octanol–water partition coefficient (Wildman–Crippen LogP) is 4.20. The van der Waals surface area contributed by atoms with E-state index in [0.717, 1.165) is 19.3 Å². The summed E-state index contributed by atoms with van der Waals surface area (Å²) in [7, 11) is 1.78. The molecule has 4 nitrogen and oxygen atoms in total. The lowest BCUT2D eigenvalue weighted by Crippen LogP contribution is -2.36. The molecule has 0 aliphatic heterocycles. The highest BCUT2D eigenvalue weighted by molar-refractivity contribution is 9.10. The number of fused-ring (bicyclic) bond motifs is 1. The Labute approximate surface area is 153 Å². The summed E-state index contributed by atoms with van der Waals surface area (Å²) in [6.45, 7) is -0.238. The first-order valence-corrected chi connectivity index (χ1v) is 9.48. The zero-order chi connectivity index (χ0) is 17.1. The Hall–Kier alpha value is -1.66. The SMILES string of the molecule is CN(C(=O)COC(=O)c1sccc1Br)C1CCCc2ccccc21. The fraction of sp³-hybridized carbons (Fsp3) is 0.333. The van der Waals surface area contributed by atoms with E-state index in [1.807, 2.05) is 12.1 Å². The Morgan fingerprint density at radius 1 is 1.33 bits per heavy atom. The summed E-state index contributed by atoms with van der Waals surface area (Å²) in [5, 5.41) is 1.80. The normalized spacial score (nSPS) is 16.3. The van der Waals surface area contributed by atoms with Crippen LogP contribution in [0.1, 0.15) is 39.7 Å². The molecular formula is C18H18BrNO3S. The standard InChI is InChI=1S/C18H18BrNO3S/c1-20(15-8-4-6-12-5-2-3-7-13(12)15)16(21)11-23-18(22)17-14(19)9-10-24-17/h2-3,5,7,9-10,15H,4,6,8,11H2,1H3. The lowest BCUT2D eigenvalue weighted by molar-refractivity contribution is -0.135. The first-order chi connectivity index (χ1) is 11.6. The van der Waals surface area contributed by atoms with Gasteiger partial charge in [-0.05, 0) is 57.8 Å². The molecule has 1 atom stereocenters. The van der Waals surface area contributed by atoms with E-state index < -0.39 is 5.97 Å². The van der Waals surface area contributed by atoms with Crippen molar-refractivity contribution in [2.45, 2.75) is 25.3 Å². The number of hydrogen-bond donors (Lipinski definition) is 0. The Kier molecular flexibility index (Phi) is 5.36. The molecule has 0 fully saturated rings. The highest BCUT2D eigenvalue weighted by atomic mass is 79.9. The Morgan fingerprint density at radius 2 is 2.12 bits per heavy atom. The topological polar surface area (TPSA) is 46.6 Å². The minimum absolute atomic E-state index is 0.0506. The second-order valence-corrected chi connectivity index (χ2v) is 7.56. The summed E-state index contributed by atoms with van der Waals surface area (Å²) in [5.41, 5.74) is 2.50. The third-order valence-corrected chi connectivity index (χ3v) is 6.15. The van der Waals surface area contributed by atoms with Gasteiger partial charge >= 0.3 is 5.97 Å². The maximum atomic E-state index is 12.5. The molecule has 3 rings (SSSR count). The molecule has 0 radical (unpaired) electrons. The van der Waals surface area contributed by atoms with Crippen molar-refractivity contribution in [2.75, 3.05) is 13.7 Å². The van der Waals surface area contributed by atoms with E-state index in [4.69, 9.17) is 4.74 Å². The number of hydrogen-bond acceptors (Lipinski definition) is 4. The van der Waals surface area contributed by atoms with Gasteiger partial charge in [-0.15, -0.1) is 11.3 Å². The van der Waals surface area contributed by atoms with Gasteiger partial charge in [0, 0.05) is 11.5 Å². The maximum absolute atomic E-state index is 12.5. The molecule has 0 saturated heterocycles. The maximum Gasteiger partial charge on any atom is 0.349 e. The van der Waals surface area contributed by atoms with Crippen molar-refractivity contribution in [3.05, 3.63) is 56.2 Å². The van der Waals surface area contributed by atoms with Crippen molar-refractivity contribution in [1.29, 1.82) is 0 Å². The van der Waals surface area contributed by atoms with Crippen LogP contribution in [0.15, 0.2) is 40.2 Å². The Morgan fingerprint density at radius 3 is 2.88 bits per heavy atom. The fourth-order valence-corrected chi connectivity index (χ4v) is 4.46. The number of carbonyl (C=O) groups excluding carboxylic acids is 2. The molecule has 0 N–H and O–H groups in total. The van der Waals surface area contributed by atoms with Crippen LogP contribution in [0.5, 0.6) is 0 Å². The van der Waals surface area contributed by atoms with E-state index >= 15 is 0 Å². The van der Waals surface area contributed by atoms with E-state index in [2.05, 4.69) is 28.1 Å². The summed E-state index contributed by atoms with van der Waals surface area (Å²) >= 11 is 4.59. The summed E-state index contributed by atoms with van der Waals surface area (Å²) in [6.07, 6.45) is 3.04. The Bertz CT molecular complexity index is 758. The summed E-state index contributed by atoms with van der Waals surface area (Å²) in [5.74, 6) is -0.652. The molecule has 1 heterocycles. The zero-order valence-electron chi connectivity index (χ0n) is 13.3.